The molecule has 0 aliphatic heterocycles. The molecule has 0 aliphatic carbocycles. The average molecular weight is 342 g/mol. The minimum absolute atomic E-state index is 0. The van der Waals surface area contributed by atoms with Crippen LogP contribution in [0.2, 0.25) is 0 Å². The van der Waals surface area contributed by atoms with E-state index in [1.54, 1.807) is 0 Å². The monoisotopic (exact) mass is 342 g/mol. The number of hydrogen-bond donors (Lipinski definition) is 2. The second-order valence-corrected chi connectivity index (χ2v) is 4.73. The summed E-state index contributed by atoms with van der Waals surface area (Å²) in [6.07, 6.45) is 0.175. The summed E-state index contributed by atoms with van der Waals surface area (Å²) >= 11 is 0. The van der Waals surface area contributed by atoms with E-state index >= 15 is 0 Å². The predicted molar refractivity (Wildman–Crippen MR) is 60.0 cm³/mol. The summed E-state index contributed by atoms with van der Waals surface area (Å²) in [5, 5.41) is 17.4. The molecule has 1 atom stereocenters. The SMILES string of the molecule is CC(CC(C(=O)O)C(=O)O)C(C)(C)C.[Ba+2].[H-].[H-]. The van der Waals surface area contributed by atoms with Crippen molar-refractivity contribution in [1.29, 1.82) is 0 Å². The van der Waals surface area contributed by atoms with Crippen LogP contribution in [0.25, 0.3) is 0 Å². The first-order chi connectivity index (χ1) is 6.16. The summed E-state index contributed by atoms with van der Waals surface area (Å²) in [4.78, 5) is 21.2. The Balaban J connectivity index is -0.000000282. The van der Waals surface area contributed by atoms with Crippen LogP contribution in [0.5, 0.6) is 0 Å². The Kier molecular flexibility index (Phi) is 8.30. The summed E-state index contributed by atoms with van der Waals surface area (Å²) < 4.78 is 0. The summed E-state index contributed by atoms with van der Waals surface area (Å²) in [5.74, 6) is -3.74. The molecule has 0 radical (unpaired) electrons. The molecular weight excluding hydrogens is 321 g/mol. The molecule has 0 aromatic carbocycles. The van der Waals surface area contributed by atoms with Crippen molar-refractivity contribution in [3.63, 3.8) is 0 Å². The van der Waals surface area contributed by atoms with Crippen LogP contribution in [0.3, 0.4) is 0 Å². The number of aliphatic carboxylic acids is 2. The number of hydrogen-bond acceptors (Lipinski definition) is 2. The minimum Gasteiger partial charge on any atom is -1.00 e. The van der Waals surface area contributed by atoms with Gasteiger partial charge >= 0.3 is 60.8 Å². The van der Waals surface area contributed by atoms with Gasteiger partial charge in [-0.2, -0.15) is 0 Å². The third kappa shape index (κ3) is 6.63. The Morgan fingerprint density at radius 2 is 1.53 bits per heavy atom. The molecule has 0 aromatic rings. The average Bonchev–Trinajstić information content (AvgIpc) is 1.96. The van der Waals surface area contributed by atoms with Gasteiger partial charge in [0.15, 0.2) is 5.92 Å². The standard InChI is InChI=1S/C10H18O4.Ba.2H/c1-6(10(2,3)4)5-7(8(11)12)9(13)14;;;/h6-7H,5H2,1-4H3,(H,11,12)(H,13,14);;;/q;+2;2*-1. The topological polar surface area (TPSA) is 74.6 Å². The number of rotatable bonds is 4. The van der Waals surface area contributed by atoms with Crippen molar-refractivity contribution >= 4 is 60.8 Å². The Labute approximate surface area is 133 Å². The normalized spacial score (nSPS) is 13.1. The van der Waals surface area contributed by atoms with Crippen LogP contribution in [0.1, 0.15) is 37.0 Å². The van der Waals surface area contributed by atoms with Gasteiger partial charge in [-0.05, 0) is 17.8 Å². The van der Waals surface area contributed by atoms with Crippen LogP contribution < -0.4 is 0 Å². The maximum absolute atomic E-state index is 10.6. The van der Waals surface area contributed by atoms with Gasteiger partial charge < -0.3 is 13.1 Å². The molecular formula is C10H20BaO4. The minimum atomic E-state index is -1.29. The van der Waals surface area contributed by atoms with Crippen molar-refractivity contribution in [2.75, 3.05) is 0 Å². The molecule has 5 heteroatoms. The van der Waals surface area contributed by atoms with Gasteiger partial charge in [-0.3, -0.25) is 9.59 Å². The smallest absolute Gasteiger partial charge is 1.00 e. The predicted octanol–water partition coefficient (Wildman–Crippen LogP) is 1.69. The molecule has 2 N–H and O–H groups in total. The Morgan fingerprint density at radius 3 is 1.73 bits per heavy atom. The van der Waals surface area contributed by atoms with Gasteiger partial charge in [0, 0.05) is 0 Å². The van der Waals surface area contributed by atoms with Crippen LogP contribution in [0.4, 0.5) is 0 Å². The van der Waals surface area contributed by atoms with Crippen LogP contribution in [0.15, 0.2) is 0 Å². The van der Waals surface area contributed by atoms with Crippen LogP contribution in [-0.2, 0) is 9.59 Å². The van der Waals surface area contributed by atoms with Crippen molar-refractivity contribution in [2.45, 2.75) is 34.1 Å². The number of carboxylic acid groups (broad SMARTS) is 2. The van der Waals surface area contributed by atoms with Crippen LogP contribution in [-0.4, -0.2) is 71.0 Å². The number of carboxylic acids is 2. The zero-order valence-corrected chi connectivity index (χ0v) is 14.2. The molecule has 0 aliphatic rings. The molecule has 15 heavy (non-hydrogen) atoms. The molecule has 0 spiro atoms. The third-order valence-corrected chi connectivity index (χ3v) is 2.66. The number of carbonyl (C=O) groups is 2. The van der Waals surface area contributed by atoms with Gasteiger partial charge in [-0.15, -0.1) is 0 Å². The molecule has 0 fully saturated rings. The quantitative estimate of drug-likeness (QED) is 0.603. The van der Waals surface area contributed by atoms with Crippen molar-refractivity contribution in [1.82, 2.24) is 0 Å². The molecule has 0 heterocycles. The molecule has 4 nitrogen and oxygen atoms in total. The van der Waals surface area contributed by atoms with Gasteiger partial charge in [0.1, 0.15) is 0 Å². The van der Waals surface area contributed by atoms with E-state index in [0.29, 0.717) is 0 Å². The fraction of sp³-hybridized carbons (Fsp3) is 0.800. The zero-order valence-electron chi connectivity index (χ0n) is 11.8. The van der Waals surface area contributed by atoms with Crippen LogP contribution >= 0.6 is 0 Å². The van der Waals surface area contributed by atoms with E-state index in [1.807, 2.05) is 27.7 Å². The molecule has 0 amide bonds. The third-order valence-electron chi connectivity index (χ3n) is 2.66. The van der Waals surface area contributed by atoms with Gasteiger partial charge in [0.25, 0.3) is 0 Å². The van der Waals surface area contributed by atoms with Gasteiger partial charge in [0.2, 0.25) is 0 Å². The fourth-order valence-corrected chi connectivity index (χ4v) is 1.01. The molecule has 0 saturated heterocycles. The molecule has 0 bridgehead atoms. The summed E-state index contributed by atoms with van der Waals surface area (Å²) in [5.41, 5.74) is -0.0663. The molecule has 0 aromatic heterocycles. The molecule has 0 rings (SSSR count). The van der Waals surface area contributed by atoms with E-state index in [0.717, 1.165) is 0 Å². The van der Waals surface area contributed by atoms with E-state index < -0.39 is 17.9 Å². The maximum Gasteiger partial charge on any atom is 2.00 e. The van der Waals surface area contributed by atoms with E-state index in [4.69, 9.17) is 10.2 Å². The van der Waals surface area contributed by atoms with Crippen molar-refractivity contribution in [3.05, 3.63) is 0 Å². The molecule has 86 valence electrons. The Bertz CT molecular complexity index is 227. The molecule has 1 unspecified atom stereocenters. The Hall–Kier alpha value is 0.511. The van der Waals surface area contributed by atoms with Gasteiger partial charge in [-0.1, -0.05) is 27.7 Å². The first-order valence-electron chi connectivity index (χ1n) is 4.62. The second kappa shape index (κ2) is 6.96. The van der Waals surface area contributed by atoms with Crippen molar-refractivity contribution < 1.29 is 22.7 Å². The summed E-state index contributed by atoms with van der Waals surface area (Å²) in [7, 11) is 0. The van der Waals surface area contributed by atoms with Crippen molar-refractivity contribution in [3.8, 4) is 0 Å². The van der Waals surface area contributed by atoms with Crippen LogP contribution in [0, 0.1) is 17.3 Å². The fourth-order valence-electron chi connectivity index (χ4n) is 1.01. The van der Waals surface area contributed by atoms with E-state index in [1.165, 1.54) is 0 Å². The zero-order chi connectivity index (χ0) is 11.5. The van der Waals surface area contributed by atoms with Gasteiger partial charge in [0.05, 0.1) is 0 Å². The molecule has 0 saturated carbocycles. The van der Waals surface area contributed by atoms with Crippen molar-refractivity contribution in [2.24, 2.45) is 17.3 Å². The maximum atomic E-state index is 10.6. The Morgan fingerprint density at radius 1 is 1.20 bits per heavy atom. The first kappa shape index (κ1) is 17.9. The van der Waals surface area contributed by atoms with E-state index in [9.17, 15) is 9.59 Å². The van der Waals surface area contributed by atoms with E-state index in [-0.39, 0.29) is 69.5 Å². The second-order valence-electron chi connectivity index (χ2n) is 4.73. The largest absolute Gasteiger partial charge is 2.00 e. The first-order valence-corrected chi connectivity index (χ1v) is 4.62. The summed E-state index contributed by atoms with van der Waals surface area (Å²) in [6, 6.07) is 0. The van der Waals surface area contributed by atoms with E-state index in [2.05, 4.69) is 0 Å². The summed E-state index contributed by atoms with van der Waals surface area (Å²) in [6.45, 7) is 7.79. The van der Waals surface area contributed by atoms with Gasteiger partial charge in [-0.25, -0.2) is 0 Å².